The van der Waals surface area contributed by atoms with Gasteiger partial charge < -0.3 is 9.73 Å². The summed E-state index contributed by atoms with van der Waals surface area (Å²) in [4.78, 5) is 4.36. The summed E-state index contributed by atoms with van der Waals surface area (Å²) in [5.74, 6) is 0.888. The minimum atomic E-state index is 0.862. The lowest BCUT2D eigenvalue weighted by Crippen LogP contribution is -2.06. The maximum Gasteiger partial charge on any atom is 0.139 e. The number of benzene rings is 1. The predicted octanol–water partition coefficient (Wildman–Crippen LogP) is 3.79. The van der Waals surface area contributed by atoms with E-state index in [1.54, 1.807) is 12.5 Å². The number of rotatable bonds is 4. The van der Waals surface area contributed by atoms with E-state index in [0.29, 0.717) is 0 Å². The average molecular weight is 252 g/mol. The fourth-order valence-electron chi connectivity index (χ4n) is 2.23. The molecule has 0 spiro atoms. The van der Waals surface area contributed by atoms with Crippen molar-refractivity contribution in [1.29, 1.82) is 0 Å². The van der Waals surface area contributed by atoms with E-state index in [0.717, 1.165) is 29.8 Å². The van der Waals surface area contributed by atoms with Crippen LogP contribution in [0.25, 0.3) is 11.0 Å². The molecule has 3 rings (SSSR count). The molecule has 0 fully saturated rings. The zero-order valence-electron chi connectivity index (χ0n) is 10.9. The van der Waals surface area contributed by atoms with E-state index in [-0.39, 0.29) is 0 Å². The van der Waals surface area contributed by atoms with Gasteiger partial charge in [0.2, 0.25) is 0 Å². The van der Waals surface area contributed by atoms with Crippen molar-refractivity contribution in [3.8, 4) is 0 Å². The quantitative estimate of drug-likeness (QED) is 0.767. The molecule has 0 aliphatic heterocycles. The highest BCUT2D eigenvalue weighted by Crippen LogP contribution is 2.21. The lowest BCUT2D eigenvalue weighted by molar-refractivity contribution is 0.615. The molecule has 2 aromatic heterocycles. The molecule has 0 aliphatic carbocycles. The SMILES string of the molecule is Cc1cccc(CCNc2nccc3occc23)c1. The van der Waals surface area contributed by atoms with E-state index in [1.807, 2.05) is 12.1 Å². The van der Waals surface area contributed by atoms with Crippen molar-refractivity contribution in [2.45, 2.75) is 13.3 Å². The van der Waals surface area contributed by atoms with Crippen molar-refractivity contribution >= 4 is 16.8 Å². The first-order valence-electron chi connectivity index (χ1n) is 6.44. The average Bonchev–Trinajstić information content (AvgIpc) is 2.88. The molecule has 0 unspecified atom stereocenters. The zero-order chi connectivity index (χ0) is 13.1. The summed E-state index contributed by atoms with van der Waals surface area (Å²) in [5, 5.41) is 4.40. The Morgan fingerprint density at radius 1 is 1.21 bits per heavy atom. The van der Waals surface area contributed by atoms with Gasteiger partial charge in [0.05, 0.1) is 11.6 Å². The number of aryl methyl sites for hydroxylation is 1. The van der Waals surface area contributed by atoms with Crippen LogP contribution in [0, 0.1) is 6.92 Å². The normalized spacial score (nSPS) is 10.8. The molecule has 0 amide bonds. The molecule has 0 bridgehead atoms. The Labute approximate surface area is 112 Å². The van der Waals surface area contributed by atoms with Gasteiger partial charge in [-0.2, -0.15) is 0 Å². The number of pyridine rings is 1. The van der Waals surface area contributed by atoms with E-state index in [9.17, 15) is 0 Å². The van der Waals surface area contributed by atoms with Crippen molar-refractivity contribution in [1.82, 2.24) is 4.98 Å². The summed E-state index contributed by atoms with van der Waals surface area (Å²) < 4.78 is 5.36. The molecule has 0 aliphatic rings. The number of anilines is 1. The highest BCUT2D eigenvalue weighted by atomic mass is 16.3. The second-order valence-electron chi connectivity index (χ2n) is 4.66. The monoisotopic (exact) mass is 252 g/mol. The van der Waals surface area contributed by atoms with Crippen molar-refractivity contribution < 1.29 is 4.42 Å². The van der Waals surface area contributed by atoms with Crippen LogP contribution in [0.5, 0.6) is 0 Å². The minimum absolute atomic E-state index is 0.862. The Morgan fingerprint density at radius 3 is 3.05 bits per heavy atom. The number of furan rings is 1. The standard InChI is InChI=1S/C16H16N2O/c1-12-3-2-4-13(11-12)5-8-17-16-14-7-10-19-15(14)6-9-18-16/h2-4,6-7,9-11H,5,8H2,1H3,(H,17,18). The van der Waals surface area contributed by atoms with Crippen molar-refractivity contribution in [2.24, 2.45) is 0 Å². The number of aromatic nitrogens is 1. The third-order valence-electron chi connectivity index (χ3n) is 3.17. The van der Waals surface area contributed by atoms with Crippen LogP contribution in [0.2, 0.25) is 0 Å². The molecule has 2 heterocycles. The molecule has 0 atom stereocenters. The molecule has 0 radical (unpaired) electrons. The van der Waals surface area contributed by atoms with Gasteiger partial charge in [-0.3, -0.25) is 0 Å². The molecule has 0 saturated carbocycles. The summed E-state index contributed by atoms with van der Waals surface area (Å²) in [6.45, 7) is 2.98. The van der Waals surface area contributed by atoms with Gasteiger partial charge in [-0.05, 0) is 31.0 Å². The largest absolute Gasteiger partial charge is 0.464 e. The van der Waals surface area contributed by atoms with E-state index in [1.165, 1.54) is 11.1 Å². The van der Waals surface area contributed by atoms with Gasteiger partial charge in [0.25, 0.3) is 0 Å². The molecule has 96 valence electrons. The van der Waals surface area contributed by atoms with Crippen LogP contribution in [0.15, 0.2) is 53.3 Å². The van der Waals surface area contributed by atoms with Gasteiger partial charge in [-0.25, -0.2) is 4.98 Å². The topological polar surface area (TPSA) is 38.1 Å². The molecule has 3 heteroatoms. The molecular formula is C16H16N2O. The first-order chi connectivity index (χ1) is 9.33. The maximum absolute atomic E-state index is 5.36. The lowest BCUT2D eigenvalue weighted by Gasteiger charge is -2.07. The summed E-state index contributed by atoms with van der Waals surface area (Å²) in [6, 6.07) is 12.4. The smallest absolute Gasteiger partial charge is 0.139 e. The Bertz CT molecular complexity index is 688. The van der Waals surface area contributed by atoms with Crippen molar-refractivity contribution in [2.75, 3.05) is 11.9 Å². The second-order valence-corrected chi connectivity index (χ2v) is 4.66. The van der Waals surface area contributed by atoms with Crippen molar-refractivity contribution in [3.63, 3.8) is 0 Å². The van der Waals surface area contributed by atoms with Crippen LogP contribution in [0.3, 0.4) is 0 Å². The molecule has 0 saturated heterocycles. The molecule has 19 heavy (non-hydrogen) atoms. The summed E-state index contributed by atoms with van der Waals surface area (Å²) in [5.41, 5.74) is 3.51. The van der Waals surface area contributed by atoms with Crippen molar-refractivity contribution in [3.05, 3.63) is 60.0 Å². The summed E-state index contributed by atoms with van der Waals surface area (Å²) in [6.07, 6.45) is 4.44. The van der Waals surface area contributed by atoms with Crippen LogP contribution < -0.4 is 5.32 Å². The highest BCUT2D eigenvalue weighted by Gasteiger charge is 2.03. The fraction of sp³-hybridized carbons (Fsp3) is 0.188. The molecular weight excluding hydrogens is 236 g/mol. The molecule has 3 aromatic rings. The second kappa shape index (κ2) is 5.14. The minimum Gasteiger partial charge on any atom is -0.464 e. The Kier molecular flexibility index (Phi) is 3.19. The van der Waals surface area contributed by atoms with E-state index in [4.69, 9.17) is 4.42 Å². The van der Waals surface area contributed by atoms with Crippen LogP contribution in [0.1, 0.15) is 11.1 Å². The Balaban J connectivity index is 1.68. The molecule has 3 nitrogen and oxygen atoms in total. The number of nitrogens with zero attached hydrogens (tertiary/aromatic N) is 1. The highest BCUT2D eigenvalue weighted by molar-refractivity contribution is 5.87. The number of hydrogen-bond acceptors (Lipinski definition) is 3. The first-order valence-corrected chi connectivity index (χ1v) is 6.44. The molecule has 1 N–H and O–H groups in total. The summed E-state index contributed by atoms with van der Waals surface area (Å²) in [7, 11) is 0. The van der Waals surface area contributed by atoms with Gasteiger partial charge in [-0.1, -0.05) is 29.8 Å². The Morgan fingerprint density at radius 2 is 2.16 bits per heavy atom. The van der Waals surface area contributed by atoms with Gasteiger partial charge in [0.15, 0.2) is 0 Å². The Hall–Kier alpha value is -2.29. The number of fused-ring (bicyclic) bond motifs is 1. The van der Waals surface area contributed by atoms with Crippen LogP contribution in [0.4, 0.5) is 5.82 Å². The first kappa shape index (κ1) is 11.8. The molecule has 1 aromatic carbocycles. The van der Waals surface area contributed by atoms with Gasteiger partial charge >= 0.3 is 0 Å². The lowest BCUT2D eigenvalue weighted by atomic mass is 10.1. The van der Waals surface area contributed by atoms with E-state index >= 15 is 0 Å². The van der Waals surface area contributed by atoms with Gasteiger partial charge in [0.1, 0.15) is 11.4 Å². The number of nitrogens with one attached hydrogen (secondary N) is 1. The third-order valence-corrected chi connectivity index (χ3v) is 3.17. The fourth-order valence-corrected chi connectivity index (χ4v) is 2.23. The van der Waals surface area contributed by atoms with Crippen LogP contribution in [-0.4, -0.2) is 11.5 Å². The van der Waals surface area contributed by atoms with Gasteiger partial charge in [-0.15, -0.1) is 0 Å². The maximum atomic E-state index is 5.36. The van der Waals surface area contributed by atoms with Crippen LogP contribution >= 0.6 is 0 Å². The zero-order valence-corrected chi connectivity index (χ0v) is 10.9. The third kappa shape index (κ3) is 2.60. The van der Waals surface area contributed by atoms with E-state index in [2.05, 4.69) is 41.5 Å². The number of hydrogen-bond donors (Lipinski definition) is 1. The predicted molar refractivity (Wildman–Crippen MR) is 77.4 cm³/mol. The van der Waals surface area contributed by atoms with Crippen LogP contribution in [-0.2, 0) is 6.42 Å². The summed E-state index contributed by atoms with van der Waals surface area (Å²) >= 11 is 0. The van der Waals surface area contributed by atoms with Gasteiger partial charge in [0, 0.05) is 12.7 Å². The van der Waals surface area contributed by atoms with E-state index < -0.39 is 0 Å².